The summed E-state index contributed by atoms with van der Waals surface area (Å²) in [5, 5.41) is 3.00. The fourth-order valence-corrected chi connectivity index (χ4v) is 5.11. The fraction of sp³-hybridized carbons (Fsp3) is 0.150. The molecule has 1 aromatic carbocycles. The molecule has 1 aliphatic heterocycles. The molecule has 2 aromatic heterocycles. The first kappa shape index (κ1) is 24.2. The van der Waals surface area contributed by atoms with Crippen LogP contribution in [0, 0.1) is 0 Å². The Morgan fingerprint density at radius 1 is 1.24 bits per heavy atom. The summed E-state index contributed by atoms with van der Waals surface area (Å²) >= 11 is 6.02. The highest BCUT2D eigenvalue weighted by Gasteiger charge is 2.35. The summed E-state index contributed by atoms with van der Waals surface area (Å²) in [5.74, 6) is -0.970. The van der Waals surface area contributed by atoms with Gasteiger partial charge in [0.15, 0.2) is 0 Å². The zero-order valence-corrected chi connectivity index (χ0v) is 19.8. The Morgan fingerprint density at radius 3 is 2.59 bits per heavy atom. The molecule has 0 atom stereocenters. The van der Waals surface area contributed by atoms with Crippen LogP contribution in [0.2, 0.25) is 0 Å². The lowest BCUT2D eigenvalue weighted by molar-refractivity contribution is -0.275. The van der Waals surface area contributed by atoms with Crippen molar-refractivity contribution in [3.63, 3.8) is 0 Å². The van der Waals surface area contributed by atoms with E-state index in [0.29, 0.717) is 25.9 Å². The van der Waals surface area contributed by atoms with Gasteiger partial charge in [0.2, 0.25) is 10.0 Å². The van der Waals surface area contributed by atoms with Crippen LogP contribution in [0.15, 0.2) is 50.9 Å². The maximum atomic E-state index is 13.0. The van der Waals surface area contributed by atoms with E-state index in [1.807, 2.05) is 0 Å². The lowest BCUT2D eigenvalue weighted by atomic mass is 10.1. The molecule has 0 saturated carbocycles. The number of carbonyl (C=O) groups is 1. The number of nitrogens with zero attached hydrogens (tertiary/aromatic N) is 2. The number of benzene rings is 1. The maximum Gasteiger partial charge on any atom is 0.573 e. The van der Waals surface area contributed by atoms with E-state index in [1.165, 1.54) is 38.6 Å². The number of thiocarbonyl (C=S) groups is 1. The number of pyridine rings is 1. The maximum absolute atomic E-state index is 13.0. The highest BCUT2D eigenvalue weighted by Crippen LogP contribution is 2.38. The molecule has 34 heavy (non-hydrogen) atoms. The predicted octanol–water partition coefficient (Wildman–Crippen LogP) is 4.13. The molecule has 14 heteroatoms. The molecular weight excluding hydrogens is 515 g/mol. The molecule has 0 spiro atoms. The van der Waals surface area contributed by atoms with Gasteiger partial charge in [0.1, 0.15) is 26.3 Å². The minimum absolute atomic E-state index is 0.178. The van der Waals surface area contributed by atoms with Crippen LogP contribution < -0.4 is 10.1 Å². The van der Waals surface area contributed by atoms with Crippen molar-refractivity contribution in [2.24, 2.45) is 0 Å². The number of furan rings is 1. The van der Waals surface area contributed by atoms with Gasteiger partial charge in [0, 0.05) is 43.5 Å². The molecule has 0 radical (unpaired) electrons. The van der Waals surface area contributed by atoms with Gasteiger partial charge in [-0.2, -0.15) is 0 Å². The number of aromatic nitrogens is 1. The van der Waals surface area contributed by atoms with Gasteiger partial charge in [0.25, 0.3) is 5.91 Å². The number of hydrogen-bond donors (Lipinski definition) is 1. The van der Waals surface area contributed by atoms with Gasteiger partial charge < -0.3 is 14.5 Å². The molecule has 3 heterocycles. The minimum Gasteiger partial charge on any atom is -0.456 e. The molecular formula is C20H14F3N3O5S3. The number of ether oxygens (including phenoxy) is 1. The highest BCUT2D eigenvalue weighted by atomic mass is 32.2. The number of fused-ring (bicyclic) bond motifs is 1. The first-order chi connectivity index (χ1) is 15.8. The van der Waals surface area contributed by atoms with E-state index in [0.717, 1.165) is 28.2 Å². The monoisotopic (exact) mass is 529 g/mol. The van der Waals surface area contributed by atoms with E-state index in [2.05, 4.69) is 15.0 Å². The Labute approximate surface area is 200 Å². The lowest BCUT2D eigenvalue weighted by Crippen LogP contribution is -2.25. The standard InChI is InChI=1S/C20H14F3N3O5S3/c1-26(2)34(28,29)16-4-3-10(6-14(16)31-20(21,22)23)13-9-24-8-11-5-12(30-17(11)13)7-15-18(27)25-19(32)33-15/h3-9H,1-2H3,(H,25,27,32)/b15-7-. The molecule has 0 aliphatic carbocycles. The summed E-state index contributed by atoms with van der Waals surface area (Å²) in [6, 6.07) is 4.91. The molecule has 1 aliphatic rings. The van der Waals surface area contributed by atoms with Crippen LogP contribution in [0.3, 0.4) is 0 Å². The van der Waals surface area contributed by atoms with E-state index in [4.69, 9.17) is 16.6 Å². The third kappa shape index (κ3) is 4.80. The van der Waals surface area contributed by atoms with Crippen LogP contribution in [0.1, 0.15) is 5.76 Å². The highest BCUT2D eigenvalue weighted by molar-refractivity contribution is 8.26. The number of nitrogens with one attached hydrogen (secondary N) is 1. The van der Waals surface area contributed by atoms with Crippen molar-refractivity contribution >= 4 is 61.3 Å². The topological polar surface area (TPSA) is 102 Å². The number of amides is 1. The molecule has 4 rings (SSSR count). The number of hydrogen-bond acceptors (Lipinski definition) is 8. The van der Waals surface area contributed by atoms with Crippen molar-refractivity contribution in [3.05, 3.63) is 47.3 Å². The van der Waals surface area contributed by atoms with Crippen LogP contribution in [0.25, 0.3) is 28.2 Å². The van der Waals surface area contributed by atoms with Gasteiger partial charge in [-0.05, 0) is 23.8 Å². The van der Waals surface area contributed by atoms with E-state index in [1.54, 1.807) is 6.07 Å². The van der Waals surface area contributed by atoms with Gasteiger partial charge >= 0.3 is 6.36 Å². The summed E-state index contributed by atoms with van der Waals surface area (Å²) in [5.41, 5.74) is 0.744. The van der Waals surface area contributed by atoms with Gasteiger partial charge in [-0.15, -0.1) is 13.2 Å². The van der Waals surface area contributed by atoms with E-state index in [9.17, 15) is 26.4 Å². The minimum atomic E-state index is -5.12. The summed E-state index contributed by atoms with van der Waals surface area (Å²) in [6.45, 7) is 0. The van der Waals surface area contributed by atoms with E-state index < -0.39 is 27.0 Å². The van der Waals surface area contributed by atoms with Crippen molar-refractivity contribution in [3.8, 4) is 16.9 Å². The smallest absolute Gasteiger partial charge is 0.456 e. The van der Waals surface area contributed by atoms with Crippen LogP contribution in [0.5, 0.6) is 5.75 Å². The molecule has 3 aromatic rings. The van der Waals surface area contributed by atoms with Crippen LogP contribution >= 0.6 is 24.0 Å². The third-order valence-corrected chi connectivity index (χ3v) is 7.61. The second-order valence-corrected chi connectivity index (χ2v) is 10.9. The molecule has 1 N–H and O–H groups in total. The van der Waals surface area contributed by atoms with Crippen LogP contribution in [0.4, 0.5) is 13.2 Å². The quantitative estimate of drug-likeness (QED) is 0.389. The van der Waals surface area contributed by atoms with Crippen molar-refractivity contribution in [2.45, 2.75) is 11.3 Å². The predicted molar refractivity (Wildman–Crippen MR) is 123 cm³/mol. The van der Waals surface area contributed by atoms with Gasteiger partial charge in [-0.25, -0.2) is 12.7 Å². The average molecular weight is 530 g/mol. The zero-order valence-electron chi connectivity index (χ0n) is 17.3. The molecule has 0 unspecified atom stereocenters. The molecule has 1 amide bonds. The SMILES string of the molecule is CN(C)S(=O)(=O)c1ccc(-c2cncc3cc(/C=C4\SC(=S)NC4=O)oc23)cc1OC(F)(F)F. The zero-order chi connectivity index (χ0) is 24.8. The molecule has 8 nitrogen and oxygen atoms in total. The molecule has 1 saturated heterocycles. The van der Waals surface area contributed by atoms with Gasteiger partial charge in [-0.1, -0.05) is 30.0 Å². The average Bonchev–Trinajstić information content (AvgIpc) is 3.27. The first-order valence-corrected chi connectivity index (χ1v) is 12.0. The normalized spacial score (nSPS) is 16.0. The summed E-state index contributed by atoms with van der Waals surface area (Å²) in [6.07, 6.45) is -0.797. The Kier molecular flexibility index (Phi) is 6.18. The largest absolute Gasteiger partial charge is 0.573 e. The van der Waals surface area contributed by atoms with Crippen LogP contribution in [-0.4, -0.2) is 48.4 Å². The third-order valence-electron chi connectivity index (χ3n) is 4.60. The van der Waals surface area contributed by atoms with E-state index >= 15 is 0 Å². The van der Waals surface area contributed by atoms with Crippen molar-refractivity contribution in [1.29, 1.82) is 0 Å². The van der Waals surface area contributed by atoms with Crippen LogP contribution in [-0.2, 0) is 14.8 Å². The number of alkyl halides is 3. The second-order valence-electron chi connectivity index (χ2n) is 7.10. The Balaban J connectivity index is 1.83. The summed E-state index contributed by atoms with van der Waals surface area (Å²) < 4.78 is 75.1. The van der Waals surface area contributed by atoms with Gasteiger partial charge in [-0.3, -0.25) is 9.78 Å². The number of rotatable bonds is 5. The number of halogens is 3. The number of thioether (sulfide) groups is 1. The first-order valence-electron chi connectivity index (χ1n) is 9.30. The summed E-state index contributed by atoms with van der Waals surface area (Å²) in [4.78, 5) is 15.7. The number of carbonyl (C=O) groups excluding carboxylic acids is 1. The molecule has 1 fully saturated rings. The second kappa shape index (κ2) is 8.69. The Hall–Kier alpha value is -2.94. The van der Waals surface area contributed by atoms with Gasteiger partial charge in [0.05, 0.1) is 4.91 Å². The molecule has 178 valence electrons. The lowest BCUT2D eigenvalue weighted by Gasteiger charge is -2.17. The van der Waals surface area contributed by atoms with Crippen molar-refractivity contribution < 1.29 is 35.5 Å². The Morgan fingerprint density at radius 2 is 1.97 bits per heavy atom. The van der Waals surface area contributed by atoms with Crippen molar-refractivity contribution in [2.75, 3.05) is 14.1 Å². The van der Waals surface area contributed by atoms with E-state index in [-0.39, 0.29) is 17.1 Å². The number of sulfonamides is 1. The fourth-order valence-electron chi connectivity index (χ4n) is 3.10. The molecule has 0 bridgehead atoms. The Bertz CT molecular complexity index is 1460. The summed E-state index contributed by atoms with van der Waals surface area (Å²) in [7, 11) is -1.84. The van der Waals surface area contributed by atoms with Crippen molar-refractivity contribution in [1.82, 2.24) is 14.6 Å².